The molecule has 3 aliphatic rings. The maximum absolute atomic E-state index is 13.9. The average molecular weight is 704 g/mol. The van der Waals surface area contributed by atoms with Crippen LogP contribution in [0.1, 0.15) is 43.7 Å². The van der Waals surface area contributed by atoms with E-state index in [0.717, 1.165) is 18.4 Å². The molecule has 3 fully saturated rings. The van der Waals surface area contributed by atoms with E-state index in [0.29, 0.717) is 90.9 Å². The Bertz CT molecular complexity index is 2020. The highest BCUT2D eigenvalue weighted by molar-refractivity contribution is 6.07. The summed E-state index contributed by atoms with van der Waals surface area (Å²) in [6, 6.07) is 5.63. The van der Waals surface area contributed by atoms with Crippen LogP contribution in [0.15, 0.2) is 43.6 Å². The fraction of sp³-hybridized carbons (Fsp3) is 0.432. The largest absolute Gasteiger partial charge is 0.481 e. The van der Waals surface area contributed by atoms with E-state index in [1.807, 2.05) is 25.1 Å². The van der Waals surface area contributed by atoms with Gasteiger partial charge in [-0.15, -0.1) is 0 Å². The third kappa shape index (κ3) is 6.59. The third-order valence-electron chi connectivity index (χ3n) is 10.4. The van der Waals surface area contributed by atoms with E-state index in [4.69, 9.17) is 19.4 Å². The second-order valence-electron chi connectivity index (χ2n) is 13.8. The van der Waals surface area contributed by atoms with Crippen molar-refractivity contribution in [3.63, 3.8) is 0 Å². The summed E-state index contributed by atoms with van der Waals surface area (Å²) in [5, 5.41) is 8.37. The number of hydrogen-bond donors (Lipinski definition) is 1. The Morgan fingerprint density at radius 3 is 2.41 bits per heavy atom. The number of nitrogens with zero attached hydrogens (tertiary/aromatic N) is 6. The summed E-state index contributed by atoms with van der Waals surface area (Å²) < 4.78 is 53.9. The number of alkyl halides is 3. The third-order valence-corrected chi connectivity index (χ3v) is 10.4. The van der Waals surface area contributed by atoms with Crippen molar-refractivity contribution in [2.45, 2.75) is 51.8 Å². The van der Waals surface area contributed by atoms with Gasteiger partial charge in [-0.2, -0.15) is 28.2 Å². The van der Waals surface area contributed by atoms with Crippen LogP contribution >= 0.6 is 0 Å². The van der Waals surface area contributed by atoms with Gasteiger partial charge in [0.25, 0.3) is 0 Å². The number of fused-ring (bicyclic) bond motifs is 2. The molecule has 7 rings (SSSR count). The minimum absolute atomic E-state index is 0.0102. The van der Waals surface area contributed by atoms with Crippen molar-refractivity contribution in [3.8, 4) is 22.9 Å². The molecule has 0 saturated carbocycles. The van der Waals surface area contributed by atoms with Crippen LogP contribution in [-0.2, 0) is 9.59 Å². The molecule has 3 saturated heterocycles. The number of aryl methyl sites for hydroxylation is 1. The normalized spacial score (nSPS) is 17.9. The minimum atomic E-state index is -4.63. The Morgan fingerprint density at radius 2 is 1.76 bits per heavy atom. The fourth-order valence-electron chi connectivity index (χ4n) is 7.68. The number of anilines is 1. The molecule has 0 unspecified atom stereocenters. The maximum atomic E-state index is 13.9. The molecule has 1 spiro atoms. The number of carbonyl (C=O) groups is 2. The van der Waals surface area contributed by atoms with Crippen LogP contribution in [0.4, 0.5) is 19.0 Å². The zero-order valence-corrected chi connectivity index (χ0v) is 28.7. The lowest BCUT2D eigenvalue weighted by atomic mass is 9.72. The van der Waals surface area contributed by atoms with Crippen LogP contribution in [0.5, 0.6) is 11.8 Å². The lowest BCUT2D eigenvalue weighted by Crippen LogP contribution is -2.61. The Kier molecular flexibility index (Phi) is 8.88. The summed E-state index contributed by atoms with van der Waals surface area (Å²) in [4.78, 5) is 39.5. The van der Waals surface area contributed by atoms with Crippen LogP contribution in [0.2, 0.25) is 0 Å². The van der Waals surface area contributed by atoms with E-state index in [1.165, 1.54) is 13.0 Å². The molecule has 51 heavy (non-hydrogen) atoms. The van der Waals surface area contributed by atoms with Crippen molar-refractivity contribution in [1.29, 1.82) is 0 Å². The van der Waals surface area contributed by atoms with Gasteiger partial charge in [0, 0.05) is 80.8 Å². The molecule has 1 N–H and O–H groups in total. The van der Waals surface area contributed by atoms with Crippen molar-refractivity contribution in [3.05, 3.63) is 54.8 Å². The Balaban J connectivity index is 1.36. The zero-order valence-electron chi connectivity index (χ0n) is 28.7. The Morgan fingerprint density at radius 1 is 1.04 bits per heavy atom. The molecule has 14 heteroatoms. The molecule has 0 radical (unpaired) electrons. The molecule has 268 valence electrons. The van der Waals surface area contributed by atoms with Gasteiger partial charge in [0.2, 0.25) is 11.8 Å². The van der Waals surface area contributed by atoms with Crippen molar-refractivity contribution < 1.29 is 32.2 Å². The number of aromatic amines is 1. The standard InChI is InChI=1S/C37H40F3N7O4/c1-5-24-17-26-32(33(50-21-37(38,39)40)31(24)30-22(3)7-8-28-27(30)18-41-44-28)42-35(51-25-9-13-45(14-10-25)23(4)48)43-34(26)46-15-11-36(12-16-46)19-47(20-36)29(49)6-2/h5-8,17-18,25H,1-2,9-16,19-21H2,3-4H3,(H,41,44). The number of carbonyl (C=O) groups excluding carboxylic acids is 2. The second kappa shape index (κ2) is 13.2. The number of aromatic nitrogens is 4. The maximum Gasteiger partial charge on any atom is 0.422 e. The van der Waals surface area contributed by atoms with Gasteiger partial charge in [-0.05, 0) is 54.7 Å². The summed E-state index contributed by atoms with van der Waals surface area (Å²) in [6.07, 6.45) is 2.36. The number of H-pyrrole nitrogens is 1. The van der Waals surface area contributed by atoms with Gasteiger partial charge in [-0.1, -0.05) is 25.3 Å². The van der Waals surface area contributed by atoms with Crippen molar-refractivity contribution in [2.75, 3.05) is 50.8 Å². The second-order valence-corrected chi connectivity index (χ2v) is 13.8. The molecule has 2 aromatic heterocycles. The highest BCUT2D eigenvalue weighted by atomic mass is 19.4. The molecular formula is C37H40F3N7O4. The summed E-state index contributed by atoms with van der Waals surface area (Å²) in [5.74, 6) is 0.377. The average Bonchev–Trinajstić information content (AvgIpc) is 3.58. The number of ether oxygens (including phenoxy) is 2. The molecule has 5 heterocycles. The van der Waals surface area contributed by atoms with Gasteiger partial charge in [0.05, 0.1) is 11.7 Å². The number of piperidine rings is 2. The molecular weight excluding hydrogens is 663 g/mol. The van der Waals surface area contributed by atoms with Crippen LogP contribution in [0.3, 0.4) is 0 Å². The molecule has 3 aliphatic heterocycles. The molecule has 0 aliphatic carbocycles. The number of hydrogen-bond acceptors (Lipinski definition) is 8. The van der Waals surface area contributed by atoms with Gasteiger partial charge >= 0.3 is 12.2 Å². The molecule has 2 amide bonds. The van der Waals surface area contributed by atoms with E-state index in [2.05, 4.69) is 28.3 Å². The van der Waals surface area contributed by atoms with Gasteiger partial charge in [-0.25, -0.2) is 0 Å². The van der Waals surface area contributed by atoms with Gasteiger partial charge in [-0.3, -0.25) is 14.7 Å². The van der Waals surface area contributed by atoms with Crippen molar-refractivity contribution in [1.82, 2.24) is 30.0 Å². The number of benzene rings is 2. The number of halogens is 3. The van der Waals surface area contributed by atoms with E-state index in [9.17, 15) is 22.8 Å². The molecule has 4 aromatic rings. The number of nitrogens with one attached hydrogen (secondary N) is 1. The topological polar surface area (TPSA) is 117 Å². The van der Waals surface area contributed by atoms with Crippen LogP contribution in [-0.4, -0.2) is 99.9 Å². The first-order chi connectivity index (χ1) is 24.4. The Hall–Kier alpha value is -5.14. The van der Waals surface area contributed by atoms with Gasteiger partial charge in [0.1, 0.15) is 17.4 Å². The SMILES string of the molecule is C=CC(=O)N1CC2(CCN(c3nc(OC4CCN(C(C)=O)CC4)nc4c(OCC(F)(F)F)c(-c5c(C)ccc6[nH]ncc56)c(C=C)cc34)CC2)C1. The number of amides is 2. The van der Waals surface area contributed by atoms with E-state index in [-0.39, 0.29) is 40.6 Å². The smallest absolute Gasteiger partial charge is 0.422 e. The number of likely N-dealkylation sites (tertiary alicyclic amines) is 2. The van der Waals surface area contributed by atoms with Crippen LogP contribution < -0.4 is 14.4 Å². The van der Waals surface area contributed by atoms with Crippen LogP contribution in [0.25, 0.3) is 39.0 Å². The van der Waals surface area contributed by atoms with Crippen molar-refractivity contribution >= 4 is 45.5 Å². The first-order valence-corrected chi connectivity index (χ1v) is 17.1. The quantitative estimate of drug-likeness (QED) is 0.220. The number of rotatable bonds is 8. The molecule has 0 atom stereocenters. The van der Waals surface area contributed by atoms with Gasteiger partial charge in [0.15, 0.2) is 12.4 Å². The lowest BCUT2D eigenvalue weighted by molar-refractivity contribution is -0.153. The summed E-state index contributed by atoms with van der Waals surface area (Å²) in [6.45, 7) is 13.1. The minimum Gasteiger partial charge on any atom is -0.481 e. The zero-order chi connectivity index (χ0) is 36.1. The summed E-state index contributed by atoms with van der Waals surface area (Å²) in [5.41, 5.74) is 3.31. The molecule has 0 bridgehead atoms. The first kappa shape index (κ1) is 34.3. The van der Waals surface area contributed by atoms with Crippen molar-refractivity contribution in [2.24, 2.45) is 5.41 Å². The highest BCUT2D eigenvalue weighted by Crippen LogP contribution is 2.48. The van der Waals surface area contributed by atoms with E-state index in [1.54, 1.807) is 22.1 Å². The highest BCUT2D eigenvalue weighted by Gasteiger charge is 2.46. The first-order valence-electron chi connectivity index (χ1n) is 17.1. The predicted molar refractivity (Wildman–Crippen MR) is 188 cm³/mol. The molecule has 11 nitrogen and oxygen atoms in total. The Labute approximate surface area is 293 Å². The van der Waals surface area contributed by atoms with E-state index >= 15 is 0 Å². The monoisotopic (exact) mass is 703 g/mol. The van der Waals surface area contributed by atoms with Crippen LogP contribution in [0, 0.1) is 12.3 Å². The fourth-order valence-corrected chi connectivity index (χ4v) is 7.68. The van der Waals surface area contributed by atoms with Gasteiger partial charge < -0.3 is 24.2 Å². The summed E-state index contributed by atoms with van der Waals surface area (Å²) >= 11 is 0. The molecule has 2 aromatic carbocycles. The lowest BCUT2D eigenvalue weighted by Gasteiger charge is -2.54. The predicted octanol–water partition coefficient (Wildman–Crippen LogP) is 6.07. The summed E-state index contributed by atoms with van der Waals surface area (Å²) in [7, 11) is 0. The van der Waals surface area contributed by atoms with E-state index < -0.39 is 12.8 Å².